The zero-order valence-corrected chi connectivity index (χ0v) is 18.9. The molecule has 1 amide bonds. The third-order valence-corrected chi connectivity index (χ3v) is 5.68. The molecule has 0 spiro atoms. The summed E-state index contributed by atoms with van der Waals surface area (Å²) in [6.45, 7) is 5.54. The molecule has 1 fully saturated rings. The lowest BCUT2D eigenvalue weighted by Gasteiger charge is -2.32. The van der Waals surface area contributed by atoms with E-state index in [2.05, 4.69) is 20.2 Å². The summed E-state index contributed by atoms with van der Waals surface area (Å²) in [5, 5.41) is 3.18. The highest BCUT2D eigenvalue weighted by atomic mass is 16.5. The summed E-state index contributed by atoms with van der Waals surface area (Å²) < 4.78 is 11.7. The number of pyridine rings is 2. The van der Waals surface area contributed by atoms with Crippen LogP contribution in [-0.4, -0.2) is 46.5 Å². The molecule has 2 aromatic heterocycles. The summed E-state index contributed by atoms with van der Waals surface area (Å²) in [7, 11) is 0. The second kappa shape index (κ2) is 11.4. The third kappa shape index (κ3) is 6.52. The van der Waals surface area contributed by atoms with E-state index in [1.165, 1.54) is 0 Å². The van der Waals surface area contributed by atoms with E-state index in [0.29, 0.717) is 30.3 Å². The summed E-state index contributed by atoms with van der Waals surface area (Å²) in [6, 6.07) is 15.3. The number of ether oxygens (including phenoxy) is 2. The Kier molecular flexibility index (Phi) is 7.87. The molecular weight excluding hydrogens is 416 g/mol. The number of amides is 1. The predicted molar refractivity (Wildman–Crippen MR) is 126 cm³/mol. The van der Waals surface area contributed by atoms with Crippen molar-refractivity contribution in [3.8, 4) is 11.5 Å². The number of aromatic nitrogens is 2. The standard InChI is InChI=1S/C26H30N4O3/c1-2-32-25-17-21(6-7-24(25)33-19-20-8-13-27-14-9-20)26(31)29-22-10-15-30(16-11-22)18-23-5-3-4-12-28-23/h3-9,12-14,17,22H,2,10-11,15-16,18-19H2,1H3,(H,29,31). The predicted octanol–water partition coefficient (Wildman–Crippen LogP) is 3.85. The van der Waals surface area contributed by atoms with Crippen molar-refractivity contribution in [3.05, 3.63) is 83.9 Å². The zero-order valence-electron chi connectivity index (χ0n) is 18.9. The Labute approximate surface area is 194 Å². The van der Waals surface area contributed by atoms with Crippen LogP contribution in [0, 0.1) is 0 Å². The molecule has 0 saturated carbocycles. The molecule has 3 aromatic rings. The van der Waals surface area contributed by atoms with E-state index in [1.807, 2.05) is 43.5 Å². The fourth-order valence-electron chi connectivity index (χ4n) is 3.90. The first-order valence-electron chi connectivity index (χ1n) is 11.4. The molecule has 1 aromatic carbocycles. The number of benzene rings is 1. The fourth-order valence-corrected chi connectivity index (χ4v) is 3.90. The minimum Gasteiger partial charge on any atom is -0.490 e. The lowest BCUT2D eigenvalue weighted by atomic mass is 10.0. The first kappa shape index (κ1) is 22.7. The van der Waals surface area contributed by atoms with E-state index in [0.717, 1.165) is 43.7 Å². The quantitative estimate of drug-likeness (QED) is 0.538. The number of carbonyl (C=O) groups is 1. The maximum atomic E-state index is 12.9. The molecule has 1 aliphatic heterocycles. The molecule has 3 heterocycles. The molecule has 1 aliphatic rings. The van der Waals surface area contributed by atoms with Gasteiger partial charge < -0.3 is 14.8 Å². The molecule has 7 heteroatoms. The number of hydrogen-bond donors (Lipinski definition) is 1. The lowest BCUT2D eigenvalue weighted by molar-refractivity contribution is 0.0908. The van der Waals surface area contributed by atoms with Crippen molar-refractivity contribution < 1.29 is 14.3 Å². The first-order chi connectivity index (χ1) is 16.2. The average molecular weight is 447 g/mol. The monoisotopic (exact) mass is 446 g/mol. The summed E-state index contributed by atoms with van der Waals surface area (Å²) in [6.07, 6.45) is 7.14. The van der Waals surface area contributed by atoms with Gasteiger partial charge in [0.15, 0.2) is 11.5 Å². The van der Waals surface area contributed by atoms with Gasteiger partial charge in [-0.2, -0.15) is 0 Å². The summed E-state index contributed by atoms with van der Waals surface area (Å²) >= 11 is 0. The van der Waals surface area contributed by atoms with Gasteiger partial charge in [-0.1, -0.05) is 6.07 Å². The van der Waals surface area contributed by atoms with Gasteiger partial charge in [0.2, 0.25) is 0 Å². The number of carbonyl (C=O) groups excluding carboxylic acids is 1. The minimum atomic E-state index is -0.0835. The Morgan fingerprint density at radius 1 is 1.03 bits per heavy atom. The Hall–Kier alpha value is -3.45. The number of piperidine rings is 1. The number of likely N-dealkylation sites (tertiary alicyclic amines) is 1. The maximum Gasteiger partial charge on any atom is 0.251 e. The van der Waals surface area contributed by atoms with E-state index >= 15 is 0 Å². The Balaban J connectivity index is 1.31. The van der Waals surface area contributed by atoms with Crippen LogP contribution in [0.1, 0.15) is 41.4 Å². The maximum absolute atomic E-state index is 12.9. The molecular formula is C26H30N4O3. The van der Waals surface area contributed by atoms with Gasteiger partial charge in [0, 0.05) is 49.8 Å². The van der Waals surface area contributed by atoms with Crippen LogP contribution in [-0.2, 0) is 13.2 Å². The van der Waals surface area contributed by atoms with Crippen LogP contribution in [0.3, 0.4) is 0 Å². The summed E-state index contributed by atoms with van der Waals surface area (Å²) in [5.41, 5.74) is 2.67. The lowest BCUT2D eigenvalue weighted by Crippen LogP contribution is -2.44. The van der Waals surface area contributed by atoms with Gasteiger partial charge >= 0.3 is 0 Å². The van der Waals surface area contributed by atoms with E-state index in [9.17, 15) is 4.79 Å². The van der Waals surface area contributed by atoms with Crippen LogP contribution in [0.15, 0.2) is 67.1 Å². The topological polar surface area (TPSA) is 76.6 Å². The van der Waals surface area contributed by atoms with Gasteiger partial charge in [-0.25, -0.2) is 0 Å². The van der Waals surface area contributed by atoms with Crippen molar-refractivity contribution in [1.29, 1.82) is 0 Å². The highest BCUT2D eigenvalue weighted by Gasteiger charge is 2.22. The van der Waals surface area contributed by atoms with Crippen molar-refractivity contribution in [3.63, 3.8) is 0 Å². The molecule has 1 N–H and O–H groups in total. The SMILES string of the molecule is CCOc1cc(C(=O)NC2CCN(Cc3ccccn3)CC2)ccc1OCc1ccncc1. The van der Waals surface area contributed by atoms with Crippen molar-refractivity contribution in [1.82, 2.24) is 20.2 Å². The minimum absolute atomic E-state index is 0.0835. The van der Waals surface area contributed by atoms with E-state index < -0.39 is 0 Å². The number of hydrogen-bond acceptors (Lipinski definition) is 6. The zero-order chi connectivity index (χ0) is 22.9. The summed E-state index contributed by atoms with van der Waals surface area (Å²) in [4.78, 5) is 23.7. The molecule has 0 atom stereocenters. The Morgan fingerprint density at radius 3 is 2.58 bits per heavy atom. The van der Waals surface area contributed by atoms with E-state index in [-0.39, 0.29) is 11.9 Å². The molecule has 33 heavy (non-hydrogen) atoms. The molecule has 0 unspecified atom stereocenters. The van der Waals surface area contributed by atoms with Gasteiger partial charge in [-0.3, -0.25) is 19.7 Å². The van der Waals surface area contributed by atoms with E-state index in [1.54, 1.807) is 30.6 Å². The molecule has 172 valence electrons. The van der Waals surface area contributed by atoms with Gasteiger partial charge in [0.1, 0.15) is 6.61 Å². The van der Waals surface area contributed by atoms with Gasteiger partial charge in [-0.05, 0) is 67.8 Å². The number of rotatable bonds is 9. The van der Waals surface area contributed by atoms with Gasteiger partial charge in [0.25, 0.3) is 5.91 Å². The van der Waals surface area contributed by atoms with Crippen LogP contribution in [0.25, 0.3) is 0 Å². The highest BCUT2D eigenvalue weighted by Crippen LogP contribution is 2.29. The van der Waals surface area contributed by atoms with Crippen LogP contribution < -0.4 is 14.8 Å². The molecule has 1 saturated heterocycles. The second-order valence-electron chi connectivity index (χ2n) is 8.08. The average Bonchev–Trinajstić information content (AvgIpc) is 2.86. The Morgan fingerprint density at radius 2 is 1.85 bits per heavy atom. The number of nitrogens with one attached hydrogen (secondary N) is 1. The highest BCUT2D eigenvalue weighted by molar-refractivity contribution is 5.95. The van der Waals surface area contributed by atoms with Crippen LogP contribution in [0.5, 0.6) is 11.5 Å². The molecule has 4 rings (SSSR count). The van der Waals surface area contributed by atoms with Crippen molar-refractivity contribution >= 4 is 5.91 Å². The molecule has 7 nitrogen and oxygen atoms in total. The van der Waals surface area contributed by atoms with Crippen molar-refractivity contribution in [2.24, 2.45) is 0 Å². The smallest absolute Gasteiger partial charge is 0.251 e. The summed E-state index contributed by atoms with van der Waals surface area (Å²) in [5.74, 6) is 1.11. The van der Waals surface area contributed by atoms with Crippen LogP contribution >= 0.6 is 0 Å². The molecule has 0 aliphatic carbocycles. The van der Waals surface area contributed by atoms with E-state index in [4.69, 9.17) is 9.47 Å². The normalized spacial score (nSPS) is 14.6. The molecule has 0 bridgehead atoms. The first-order valence-corrected chi connectivity index (χ1v) is 11.4. The van der Waals surface area contributed by atoms with Crippen LogP contribution in [0.4, 0.5) is 0 Å². The largest absolute Gasteiger partial charge is 0.490 e. The van der Waals surface area contributed by atoms with Gasteiger partial charge in [-0.15, -0.1) is 0 Å². The third-order valence-electron chi connectivity index (χ3n) is 5.68. The van der Waals surface area contributed by atoms with Crippen LogP contribution in [0.2, 0.25) is 0 Å². The molecule has 0 radical (unpaired) electrons. The van der Waals surface area contributed by atoms with Gasteiger partial charge in [0.05, 0.1) is 12.3 Å². The second-order valence-corrected chi connectivity index (χ2v) is 8.08. The van der Waals surface area contributed by atoms with Crippen molar-refractivity contribution in [2.45, 2.75) is 39.0 Å². The number of nitrogens with zero attached hydrogens (tertiary/aromatic N) is 3. The van der Waals surface area contributed by atoms with Crippen molar-refractivity contribution in [2.75, 3.05) is 19.7 Å². The fraction of sp³-hybridized carbons (Fsp3) is 0.346. The Bertz CT molecular complexity index is 1020.